The van der Waals surface area contributed by atoms with Crippen LogP contribution in [0, 0.1) is 0 Å². The maximum Gasteiger partial charge on any atom is 0.131 e. The number of hydrogen-bond acceptors (Lipinski definition) is 3. The lowest BCUT2D eigenvalue weighted by Crippen LogP contribution is -1.85. The van der Waals surface area contributed by atoms with E-state index in [1.807, 2.05) is 0 Å². The van der Waals surface area contributed by atoms with Gasteiger partial charge < -0.3 is 0 Å². The fraction of sp³-hybridized carbons (Fsp3) is 0. The summed E-state index contributed by atoms with van der Waals surface area (Å²) >= 11 is 8.88. The molecule has 0 saturated heterocycles. The molecule has 3 nitrogen and oxygen atoms in total. The second-order valence-electron chi connectivity index (χ2n) is 2.19. The Hall–Kier alpha value is -0.740. The second kappa shape index (κ2) is 2.95. The summed E-state index contributed by atoms with van der Waals surface area (Å²) in [5.41, 5.74) is 1.48. The first-order chi connectivity index (χ1) is 5.75. The first-order valence-corrected chi connectivity index (χ1v) is 4.36. The highest BCUT2D eigenvalue weighted by atomic mass is 79.9. The summed E-state index contributed by atoms with van der Waals surface area (Å²) in [5, 5.41) is 0.430. The van der Waals surface area contributed by atoms with Gasteiger partial charge in [-0.2, -0.15) is 0 Å². The largest absolute Gasteiger partial charge is 0.252 e. The quantitative estimate of drug-likeness (QED) is 0.668. The summed E-state index contributed by atoms with van der Waals surface area (Å²) in [5.74, 6) is 0. The number of aromatic nitrogens is 3. The second-order valence-corrected chi connectivity index (χ2v) is 3.39. The van der Waals surface area contributed by atoms with Gasteiger partial charge in [0, 0.05) is 6.07 Å². The molecule has 2 aromatic rings. The fourth-order valence-electron chi connectivity index (χ4n) is 0.869. The number of rotatable bonds is 0. The first-order valence-electron chi connectivity index (χ1n) is 3.19. The normalized spacial score (nSPS) is 10.5. The van der Waals surface area contributed by atoms with E-state index in [-0.39, 0.29) is 0 Å². The van der Waals surface area contributed by atoms with Crippen LogP contribution in [-0.2, 0) is 0 Å². The summed E-state index contributed by atoms with van der Waals surface area (Å²) in [6.07, 6.45) is 3.22. The van der Waals surface area contributed by atoms with Crippen LogP contribution in [0.2, 0.25) is 5.15 Å². The van der Waals surface area contributed by atoms with Gasteiger partial charge in [-0.05, 0) is 15.9 Å². The van der Waals surface area contributed by atoms with Crippen molar-refractivity contribution < 1.29 is 0 Å². The number of nitrogens with zero attached hydrogens (tertiary/aromatic N) is 3. The predicted molar refractivity (Wildman–Crippen MR) is 50.0 cm³/mol. The smallest absolute Gasteiger partial charge is 0.131 e. The SMILES string of the molecule is Clc1cc2ncc(Br)nc2cn1. The van der Waals surface area contributed by atoms with Gasteiger partial charge in [0.1, 0.15) is 15.3 Å². The van der Waals surface area contributed by atoms with Crippen LogP contribution in [-0.4, -0.2) is 15.0 Å². The maximum absolute atomic E-state index is 5.67. The van der Waals surface area contributed by atoms with Crippen LogP contribution in [0.4, 0.5) is 0 Å². The van der Waals surface area contributed by atoms with E-state index in [9.17, 15) is 0 Å². The summed E-state index contributed by atoms with van der Waals surface area (Å²) in [4.78, 5) is 12.1. The summed E-state index contributed by atoms with van der Waals surface area (Å²) < 4.78 is 0.694. The molecule has 0 atom stereocenters. The van der Waals surface area contributed by atoms with Crippen molar-refractivity contribution in [1.29, 1.82) is 0 Å². The number of fused-ring (bicyclic) bond motifs is 1. The highest BCUT2D eigenvalue weighted by Gasteiger charge is 1.98. The molecule has 0 aliphatic carbocycles. The van der Waals surface area contributed by atoms with Crippen molar-refractivity contribution in [3.8, 4) is 0 Å². The van der Waals surface area contributed by atoms with Crippen molar-refractivity contribution in [1.82, 2.24) is 15.0 Å². The van der Waals surface area contributed by atoms with E-state index < -0.39 is 0 Å². The van der Waals surface area contributed by atoms with Crippen LogP contribution >= 0.6 is 27.5 Å². The van der Waals surface area contributed by atoms with E-state index in [0.29, 0.717) is 9.76 Å². The van der Waals surface area contributed by atoms with Crippen molar-refractivity contribution in [3.63, 3.8) is 0 Å². The molecule has 0 spiro atoms. The van der Waals surface area contributed by atoms with E-state index in [1.165, 1.54) is 0 Å². The van der Waals surface area contributed by atoms with Crippen molar-refractivity contribution in [3.05, 3.63) is 28.2 Å². The zero-order valence-electron chi connectivity index (χ0n) is 5.83. The van der Waals surface area contributed by atoms with Gasteiger partial charge in [-0.25, -0.2) is 9.97 Å². The molecule has 0 aliphatic rings. The molecule has 0 fully saturated rings. The van der Waals surface area contributed by atoms with E-state index in [2.05, 4.69) is 30.9 Å². The van der Waals surface area contributed by atoms with E-state index in [4.69, 9.17) is 11.6 Å². The van der Waals surface area contributed by atoms with Crippen LogP contribution < -0.4 is 0 Å². The van der Waals surface area contributed by atoms with Gasteiger partial charge in [0.15, 0.2) is 0 Å². The van der Waals surface area contributed by atoms with E-state index in [0.717, 1.165) is 11.0 Å². The lowest BCUT2D eigenvalue weighted by molar-refractivity contribution is 1.22. The van der Waals surface area contributed by atoms with Crippen LogP contribution in [0.25, 0.3) is 11.0 Å². The van der Waals surface area contributed by atoms with Crippen LogP contribution in [0.1, 0.15) is 0 Å². The molecular formula is C7H3BrClN3. The Balaban J connectivity index is 2.79. The average Bonchev–Trinajstić information content (AvgIpc) is 2.05. The molecule has 0 amide bonds. The highest BCUT2D eigenvalue weighted by Crippen LogP contribution is 2.14. The van der Waals surface area contributed by atoms with Gasteiger partial charge in [0.05, 0.1) is 17.9 Å². The molecule has 0 unspecified atom stereocenters. The minimum absolute atomic E-state index is 0.430. The zero-order valence-corrected chi connectivity index (χ0v) is 8.17. The number of halogens is 2. The van der Waals surface area contributed by atoms with E-state index in [1.54, 1.807) is 18.5 Å². The van der Waals surface area contributed by atoms with Crippen molar-refractivity contribution in [2.75, 3.05) is 0 Å². The van der Waals surface area contributed by atoms with Gasteiger partial charge in [-0.1, -0.05) is 11.6 Å². The molecule has 5 heteroatoms. The number of pyridine rings is 1. The van der Waals surface area contributed by atoms with Gasteiger partial charge in [0.25, 0.3) is 0 Å². The minimum atomic E-state index is 0.430. The van der Waals surface area contributed by atoms with Gasteiger partial charge >= 0.3 is 0 Å². The molecule has 2 heterocycles. The van der Waals surface area contributed by atoms with Crippen molar-refractivity contribution in [2.24, 2.45) is 0 Å². The third-order valence-corrected chi connectivity index (χ3v) is 1.95. The van der Waals surface area contributed by atoms with Gasteiger partial charge in [0.2, 0.25) is 0 Å². The highest BCUT2D eigenvalue weighted by molar-refractivity contribution is 9.10. The Morgan fingerprint density at radius 3 is 2.83 bits per heavy atom. The van der Waals surface area contributed by atoms with Crippen LogP contribution in [0.15, 0.2) is 23.1 Å². The number of hydrogen-bond donors (Lipinski definition) is 0. The summed E-state index contributed by atoms with van der Waals surface area (Å²) in [6.45, 7) is 0. The Labute approximate surface area is 81.9 Å². The lowest BCUT2D eigenvalue weighted by Gasteiger charge is -1.95. The molecular weight excluding hydrogens is 241 g/mol. The average molecular weight is 244 g/mol. The standard InChI is InChI=1S/C7H3BrClN3/c8-6-3-10-4-1-7(9)11-2-5(4)12-6/h1-3H. The molecule has 0 bridgehead atoms. The molecule has 0 aromatic carbocycles. The Morgan fingerprint density at radius 2 is 2.00 bits per heavy atom. The topological polar surface area (TPSA) is 38.7 Å². The molecule has 0 saturated carbocycles. The molecule has 0 radical (unpaired) electrons. The maximum atomic E-state index is 5.67. The Kier molecular flexibility index (Phi) is 1.94. The molecule has 12 heavy (non-hydrogen) atoms. The van der Waals surface area contributed by atoms with Gasteiger partial charge in [-0.15, -0.1) is 0 Å². The van der Waals surface area contributed by atoms with Crippen LogP contribution in [0.3, 0.4) is 0 Å². The lowest BCUT2D eigenvalue weighted by atomic mass is 10.4. The van der Waals surface area contributed by atoms with Crippen LogP contribution in [0.5, 0.6) is 0 Å². The molecule has 0 aliphatic heterocycles. The predicted octanol–water partition coefficient (Wildman–Crippen LogP) is 2.44. The molecule has 2 rings (SSSR count). The monoisotopic (exact) mass is 243 g/mol. The Bertz CT molecular complexity index is 391. The fourth-order valence-corrected chi connectivity index (χ4v) is 1.31. The third-order valence-electron chi connectivity index (χ3n) is 1.37. The zero-order chi connectivity index (χ0) is 8.55. The molecule has 2 aromatic heterocycles. The first kappa shape index (κ1) is 7.89. The molecule has 60 valence electrons. The minimum Gasteiger partial charge on any atom is -0.252 e. The van der Waals surface area contributed by atoms with E-state index >= 15 is 0 Å². The van der Waals surface area contributed by atoms with Gasteiger partial charge in [-0.3, -0.25) is 4.98 Å². The van der Waals surface area contributed by atoms with Crippen molar-refractivity contribution in [2.45, 2.75) is 0 Å². The summed E-state index contributed by atoms with van der Waals surface area (Å²) in [7, 11) is 0. The third kappa shape index (κ3) is 1.40. The summed E-state index contributed by atoms with van der Waals surface area (Å²) in [6, 6.07) is 1.68. The van der Waals surface area contributed by atoms with Crippen molar-refractivity contribution >= 4 is 38.6 Å². The Morgan fingerprint density at radius 1 is 1.17 bits per heavy atom. The molecule has 0 N–H and O–H groups in total.